The highest BCUT2D eigenvalue weighted by molar-refractivity contribution is 9.10. The fourth-order valence-corrected chi connectivity index (χ4v) is 3.83. The third-order valence-corrected chi connectivity index (χ3v) is 5.60. The molecule has 7 heteroatoms. The van der Waals surface area contributed by atoms with Gasteiger partial charge in [0, 0.05) is 10.9 Å². The number of rotatable bonds is 3. The summed E-state index contributed by atoms with van der Waals surface area (Å²) in [5, 5.41) is 4.28. The molecule has 0 radical (unpaired) electrons. The number of halogens is 1. The lowest BCUT2D eigenvalue weighted by Crippen LogP contribution is -2.28. The fraction of sp³-hybridized carbons (Fsp3) is 0.100. The third kappa shape index (κ3) is 3.74. The average molecular weight is 440 g/mol. The van der Waals surface area contributed by atoms with E-state index in [2.05, 4.69) is 26.0 Å². The van der Waals surface area contributed by atoms with Crippen LogP contribution in [0, 0.1) is 6.92 Å². The van der Waals surface area contributed by atoms with Crippen molar-refractivity contribution in [2.24, 2.45) is 0 Å². The van der Waals surface area contributed by atoms with E-state index in [4.69, 9.17) is 0 Å². The van der Waals surface area contributed by atoms with Crippen molar-refractivity contribution in [1.82, 2.24) is 14.6 Å². The second kappa shape index (κ2) is 7.17. The Morgan fingerprint density at radius 1 is 1.07 bits per heavy atom. The van der Waals surface area contributed by atoms with Crippen molar-refractivity contribution in [3.8, 4) is 0 Å². The smallest absolute Gasteiger partial charge is 0.266 e. The van der Waals surface area contributed by atoms with Gasteiger partial charge >= 0.3 is 0 Å². The zero-order valence-corrected chi connectivity index (χ0v) is 16.8. The molecule has 2 aromatic heterocycles. The maximum absolute atomic E-state index is 12.7. The number of hydrogen-bond acceptors (Lipinski definition) is 5. The zero-order chi connectivity index (χ0) is 19.0. The minimum atomic E-state index is -0.396. The van der Waals surface area contributed by atoms with E-state index in [0.717, 1.165) is 32.5 Å². The molecular weight excluding hydrogens is 426 g/mol. The van der Waals surface area contributed by atoms with Crippen LogP contribution in [0.3, 0.4) is 0 Å². The lowest BCUT2D eigenvalue weighted by atomic mass is 10.1. The van der Waals surface area contributed by atoms with Crippen molar-refractivity contribution >= 4 is 38.3 Å². The van der Waals surface area contributed by atoms with Gasteiger partial charge in [-0.2, -0.15) is 14.6 Å². The van der Waals surface area contributed by atoms with Gasteiger partial charge in [0.1, 0.15) is 5.69 Å². The molecule has 4 aromatic rings. The highest BCUT2D eigenvalue weighted by atomic mass is 79.9. The Morgan fingerprint density at radius 3 is 2.48 bits per heavy atom. The van der Waals surface area contributed by atoms with Crippen molar-refractivity contribution in [1.29, 1.82) is 0 Å². The Balaban J connectivity index is 1.79. The van der Waals surface area contributed by atoms with Gasteiger partial charge in [-0.15, -0.1) is 0 Å². The molecule has 5 nitrogen and oxygen atoms in total. The van der Waals surface area contributed by atoms with Crippen LogP contribution in [0.2, 0.25) is 0 Å². The first-order chi connectivity index (χ1) is 13.0. The Hall–Kier alpha value is -2.64. The molecule has 0 saturated carbocycles. The van der Waals surface area contributed by atoms with Crippen LogP contribution in [0.15, 0.2) is 62.6 Å². The topological polar surface area (TPSA) is 64.3 Å². The molecule has 0 aliphatic heterocycles. The van der Waals surface area contributed by atoms with Crippen LogP contribution in [0.25, 0.3) is 11.0 Å². The Bertz CT molecular complexity index is 1290. The summed E-state index contributed by atoms with van der Waals surface area (Å²) in [6, 6.07) is 15.5. The van der Waals surface area contributed by atoms with Gasteiger partial charge in [0.05, 0.1) is 4.53 Å². The summed E-state index contributed by atoms with van der Waals surface area (Å²) in [5.41, 5.74) is 2.59. The van der Waals surface area contributed by atoms with Crippen molar-refractivity contribution < 1.29 is 0 Å². The average Bonchev–Trinajstić information content (AvgIpc) is 2.94. The molecule has 0 spiro atoms. The third-order valence-electron chi connectivity index (χ3n) is 4.11. The Kier molecular flexibility index (Phi) is 4.72. The van der Waals surface area contributed by atoms with Crippen molar-refractivity contribution in [2.45, 2.75) is 13.3 Å². The van der Waals surface area contributed by atoms with Crippen LogP contribution in [0.1, 0.15) is 22.4 Å². The minimum absolute atomic E-state index is 0.265. The number of thiazole rings is 1. The number of fused-ring (bicyclic) bond motifs is 1. The molecule has 0 aliphatic carbocycles. The van der Waals surface area contributed by atoms with Gasteiger partial charge in [0.25, 0.3) is 11.1 Å². The van der Waals surface area contributed by atoms with E-state index in [1.165, 1.54) is 4.52 Å². The van der Waals surface area contributed by atoms with Gasteiger partial charge in [-0.3, -0.25) is 9.59 Å². The molecule has 27 heavy (non-hydrogen) atoms. The van der Waals surface area contributed by atoms with E-state index in [0.29, 0.717) is 15.9 Å². The molecule has 0 saturated heterocycles. The number of nitrogens with zero attached hydrogens (tertiary/aromatic N) is 3. The largest absolute Gasteiger partial charge is 0.296 e. The first kappa shape index (κ1) is 17.8. The van der Waals surface area contributed by atoms with Gasteiger partial charge in [0.2, 0.25) is 4.96 Å². The number of benzene rings is 2. The zero-order valence-electron chi connectivity index (χ0n) is 14.3. The van der Waals surface area contributed by atoms with Gasteiger partial charge in [-0.25, -0.2) is 0 Å². The fourth-order valence-electron chi connectivity index (χ4n) is 2.66. The first-order valence-corrected chi connectivity index (χ1v) is 9.86. The van der Waals surface area contributed by atoms with Crippen molar-refractivity contribution in [2.75, 3.05) is 0 Å². The standard InChI is InChI=1S/C20H14BrN3O2S/c1-12-2-4-13(5-3-12)10-16-18(25)22-20-24(23-16)19(26)17(27-20)11-14-6-8-15(21)9-7-14/h2-9,11H,10H2,1H3. The summed E-state index contributed by atoms with van der Waals surface area (Å²) >= 11 is 4.55. The molecule has 134 valence electrons. The lowest BCUT2D eigenvalue weighted by molar-refractivity contribution is 0.811. The summed E-state index contributed by atoms with van der Waals surface area (Å²) < 4.78 is 2.68. The van der Waals surface area contributed by atoms with Gasteiger partial charge in [-0.1, -0.05) is 69.2 Å². The summed E-state index contributed by atoms with van der Waals surface area (Å²) in [5.74, 6) is 0. The molecule has 4 rings (SSSR count). The molecule has 0 bridgehead atoms. The van der Waals surface area contributed by atoms with Crippen LogP contribution in [0.4, 0.5) is 0 Å². The van der Waals surface area contributed by atoms with Crippen molar-refractivity contribution in [3.63, 3.8) is 0 Å². The minimum Gasteiger partial charge on any atom is -0.266 e. The van der Waals surface area contributed by atoms with E-state index in [9.17, 15) is 9.59 Å². The van der Waals surface area contributed by atoms with Gasteiger partial charge in [0.15, 0.2) is 0 Å². The van der Waals surface area contributed by atoms with Crippen LogP contribution in [-0.4, -0.2) is 14.6 Å². The molecular formula is C20H14BrN3O2S. The highest BCUT2D eigenvalue weighted by Gasteiger charge is 2.11. The number of hydrogen-bond donors (Lipinski definition) is 0. The molecule has 0 unspecified atom stereocenters. The number of aromatic nitrogens is 3. The second-order valence-electron chi connectivity index (χ2n) is 6.19. The van der Waals surface area contributed by atoms with Crippen LogP contribution < -0.4 is 15.7 Å². The maximum atomic E-state index is 12.7. The first-order valence-electron chi connectivity index (χ1n) is 8.25. The van der Waals surface area contributed by atoms with Crippen molar-refractivity contribution in [3.05, 3.63) is 101 Å². The summed E-state index contributed by atoms with van der Waals surface area (Å²) in [6.07, 6.45) is 2.12. The Labute approximate surface area is 166 Å². The predicted molar refractivity (Wildman–Crippen MR) is 110 cm³/mol. The molecule has 0 fully saturated rings. The van der Waals surface area contributed by atoms with Crippen LogP contribution >= 0.6 is 27.3 Å². The van der Waals surface area contributed by atoms with E-state index in [-0.39, 0.29) is 11.3 Å². The normalized spacial score (nSPS) is 12.0. The predicted octanol–water partition coefficient (Wildman–Crippen LogP) is 2.72. The molecule has 0 atom stereocenters. The SMILES string of the molecule is Cc1ccc(Cc2nn3c(=O)c(=Cc4ccc(Br)cc4)sc3nc2=O)cc1. The quantitative estimate of drug-likeness (QED) is 0.492. The molecule has 2 heterocycles. The Morgan fingerprint density at radius 2 is 1.78 bits per heavy atom. The summed E-state index contributed by atoms with van der Waals surface area (Å²) in [4.78, 5) is 29.4. The molecule has 2 aromatic carbocycles. The highest BCUT2D eigenvalue weighted by Crippen LogP contribution is 2.11. The van der Waals surface area contributed by atoms with E-state index in [1.807, 2.05) is 55.5 Å². The van der Waals surface area contributed by atoms with Crippen LogP contribution in [-0.2, 0) is 6.42 Å². The van der Waals surface area contributed by atoms with Gasteiger partial charge < -0.3 is 0 Å². The lowest BCUT2D eigenvalue weighted by Gasteiger charge is -2.01. The molecule has 0 aliphatic rings. The van der Waals surface area contributed by atoms with E-state index < -0.39 is 5.56 Å². The summed E-state index contributed by atoms with van der Waals surface area (Å²) in [6.45, 7) is 2.00. The van der Waals surface area contributed by atoms with E-state index in [1.54, 1.807) is 6.08 Å². The number of aryl methyl sites for hydroxylation is 1. The molecule has 0 amide bonds. The second-order valence-corrected chi connectivity index (χ2v) is 8.11. The van der Waals surface area contributed by atoms with E-state index >= 15 is 0 Å². The van der Waals surface area contributed by atoms with Crippen LogP contribution in [0.5, 0.6) is 0 Å². The maximum Gasteiger partial charge on any atom is 0.296 e. The monoisotopic (exact) mass is 439 g/mol. The summed E-state index contributed by atoms with van der Waals surface area (Å²) in [7, 11) is 0. The van der Waals surface area contributed by atoms with Gasteiger partial charge in [-0.05, 0) is 36.3 Å². The molecule has 0 N–H and O–H groups in total.